The summed E-state index contributed by atoms with van der Waals surface area (Å²) in [7, 11) is 3.24. The molecule has 0 saturated carbocycles. The van der Waals surface area contributed by atoms with Gasteiger partial charge in [0.15, 0.2) is 11.5 Å². The molecule has 1 saturated heterocycles. The molecule has 1 aromatic carbocycles. The fourth-order valence-corrected chi connectivity index (χ4v) is 3.37. The number of methoxy groups -OCH3 is 2. The van der Waals surface area contributed by atoms with E-state index < -0.39 is 6.10 Å². The second kappa shape index (κ2) is 9.87. The maximum Gasteiger partial charge on any atom is 0.161 e. The Balaban J connectivity index is 1.77. The van der Waals surface area contributed by atoms with Crippen LogP contribution in [-0.2, 0) is 11.3 Å². The number of aliphatic hydroxyl groups is 1. The lowest BCUT2D eigenvalue weighted by Crippen LogP contribution is -2.44. The van der Waals surface area contributed by atoms with Crippen LogP contribution < -0.4 is 9.47 Å². The summed E-state index contributed by atoms with van der Waals surface area (Å²) in [4.78, 5) is 2.41. The lowest BCUT2D eigenvalue weighted by molar-refractivity contribution is -0.00380. The molecule has 1 N–H and O–H groups in total. The Morgan fingerprint density at radius 1 is 1.21 bits per heavy atom. The number of aliphatic hydroxyl groups excluding tert-OH is 1. The van der Waals surface area contributed by atoms with Crippen molar-refractivity contribution in [2.24, 2.45) is 0 Å². The minimum absolute atomic E-state index is 0.348. The van der Waals surface area contributed by atoms with E-state index in [2.05, 4.69) is 11.8 Å². The molecule has 1 aliphatic rings. The summed E-state index contributed by atoms with van der Waals surface area (Å²) in [5.74, 6) is 1.40. The summed E-state index contributed by atoms with van der Waals surface area (Å²) in [6.45, 7) is 4.81. The zero-order valence-corrected chi connectivity index (χ0v) is 15.2. The number of β-amino-alcohol motifs (C(OH)–C–C–N with tert-alkyl or cyclic N) is 1. The number of piperidine rings is 1. The third-order valence-corrected chi connectivity index (χ3v) is 4.69. The summed E-state index contributed by atoms with van der Waals surface area (Å²) in [5.41, 5.74) is 1.00. The third-order valence-electron chi connectivity index (χ3n) is 4.69. The van der Waals surface area contributed by atoms with E-state index in [1.54, 1.807) is 14.2 Å². The van der Waals surface area contributed by atoms with Crippen LogP contribution in [0.25, 0.3) is 0 Å². The summed E-state index contributed by atoms with van der Waals surface area (Å²) >= 11 is 0. The lowest BCUT2D eigenvalue weighted by Gasteiger charge is -2.36. The molecule has 1 fully saturated rings. The van der Waals surface area contributed by atoms with Crippen LogP contribution in [0, 0.1) is 0 Å². The summed E-state index contributed by atoms with van der Waals surface area (Å²) < 4.78 is 16.2. The van der Waals surface area contributed by atoms with E-state index in [4.69, 9.17) is 14.2 Å². The zero-order valence-electron chi connectivity index (χ0n) is 15.2. The largest absolute Gasteiger partial charge is 0.493 e. The first-order chi connectivity index (χ1) is 11.7. The van der Waals surface area contributed by atoms with Gasteiger partial charge in [-0.1, -0.05) is 19.4 Å². The molecular weight excluding hydrogens is 306 g/mol. The predicted molar refractivity (Wildman–Crippen MR) is 94.7 cm³/mol. The minimum atomic E-state index is -0.447. The highest BCUT2D eigenvalue weighted by molar-refractivity contribution is 5.42. The molecule has 0 unspecified atom stereocenters. The average Bonchev–Trinajstić information content (AvgIpc) is 2.62. The van der Waals surface area contributed by atoms with Crippen molar-refractivity contribution in [1.82, 2.24) is 4.90 Å². The van der Waals surface area contributed by atoms with Crippen LogP contribution >= 0.6 is 0 Å². The molecule has 1 aromatic rings. The van der Waals surface area contributed by atoms with E-state index in [1.165, 1.54) is 19.3 Å². The molecular formula is C19H31NO4. The van der Waals surface area contributed by atoms with Crippen LogP contribution in [0.15, 0.2) is 18.2 Å². The molecule has 0 radical (unpaired) electrons. The monoisotopic (exact) mass is 337 g/mol. The number of nitrogens with zero attached hydrogens (tertiary/aromatic N) is 1. The summed E-state index contributed by atoms with van der Waals surface area (Å²) in [6.07, 6.45) is 4.49. The van der Waals surface area contributed by atoms with Crippen molar-refractivity contribution in [2.75, 3.05) is 33.9 Å². The van der Waals surface area contributed by atoms with Crippen LogP contribution in [0.5, 0.6) is 11.5 Å². The van der Waals surface area contributed by atoms with Crippen molar-refractivity contribution in [1.29, 1.82) is 0 Å². The molecule has 2 atom stereocenters. The molecule has 136 valence electrons. The SMILES string of the molecule is CC[C@H]1CCCCN1C[C@@H](O)COCc1ccc(OC)c(OC)c1. The lowest BCUT2D eigenvalue weighted by atomic mass is 10.00. The van der Waals surface area contributed by atoms with Crippen LogP contribution in [-0.4, -0.2) is 56.1 Å². The van der Waals surface area contributed by atoms with E-state index in [-0.39, 0.29) is 0 Å². The summed E-state index contributed by atoms with van der Waals surface area (Å²) in [5, 5.41) is 10.3. The second-order valence-electron chi connectivity index (χ2n) is 6.41. The molecule has 24 heavy (non-hydrogen) atoms. The second-order valence-corrected chi connectivity index (χ2v) is 6.41. The van der Waals surface area contributed by atoms with E-state index in [0.29, 0.717) is 37.3 Å². The molecule has 0 bridgehead atoms. The Labute approximate surface area is 145 Å². The van der Waals surface area contributed by atoms with Gasteiger partial charge in [-0.15, -0.1) is 0 Å². The van der Waals surface area contributed by atoms with Gasteiger partial charge in [-0.25, -0.2) is 0 Å². The first-order valence-corrected chi connectivity index (χ1v) is 8.88. The van der Waals surface area contributed by atoms with E-state index >= 15 is 0 Å². The van der Waals surface area contributed by atoms with Gasteiger partial charge >= 0.3 is 0 Å². The van der Waals surface area contributed by atoms with Crippen molar-refractivity contribution in [2.45, 2.75) is 51.4 Å². The van der Waals surface area contributed by atoms with Crippen molar-refractivity contribution < 1.29 is 19.3 Å². The van der Waals surface area contributed by atoms with Crippen LogP contribution in [0.3, 0.4) is 0 Å². The van der Waals surface area contributed by atoms with Gasteiger partial charge in [0.05, 0.1) is 33.5 Å². The van der Waals surface area contributed by atoms with Gasteiger partial charge in [-0.3, -0.25) is 4.90 Å². The van der Waals surface area contributed by atoms with Crippen molar-refractivity contribution in [3.05, 3.63) is 23.8 Å². The van der Waals surface area contributed by atoms with Crippen LogP contribution in [0.2, 0.25) is 0 Å². The van der Waals surface area contributed by atoms with Gasteiger partial charge in [-0.2, -0.15) is 0 Å². The van der Waals surface area contributed by atoms with Gasteiger partial charge in [-0.05, 0) is 43.5 Å². The highest BCUT2D eigenvalue weighted by atomic mass is 16.5. The Kier molecular flexibility index (Phi) is 7.82. The topological polar surface area (TPSA) is 51.2 Å². The molecule has 0 aliphatic carbocycles. The van der Waals surface area contributed by atoms with Crippen LogP contribution in [0.1, 0.15) is 38.2 Å². The Hall–Kier alpha value is -1.30. The average molecular weight is 337 g/mol. The fraction of sp³-hybridized carbons (Fsp3) is 0.684. The number of likely N-dealkylation sites (tertiary alicyclic amines) is 1. The molecule has 1 heterocycles. The fourth-order valence-electron chi connectivity index (χ4n) is 3.37. The highest BCUT2D eigenvalue weighted by Crippen LogP contribution is 2.27. The maximum atomic E-state index is 10.3. The molecule has 1 aliphatic heterocycles. The predicted octanol–water partition coefficient (Wildman–Crippen LogP) is 2.85. The number of rotatable bonds is 9. The van der Waals surface area contributed by atoms with Gasteiger partial charge in [0.2, 0.25) is 0 Å². The number of ether oxygens (including phenoxy) is 3. The first kappa shape index (κ1) is 19.0. The minimum Gasteiger partial charge on any atom is -0.493 e. The Bertz CT molecular complexity index is 494. The first-order valence-electron chi connectivity index (χ1n) is 8.88. The van der Waals surface area contributed by atoms with Gasteiger partial charge in [0.1, 0.15) is 0 Å². The molecule has 5 nitrogen and oxygen atoms in total. The number of hydrogen-bond donors (Lipinski definition) is 1. The standard InChI is InChI=1S/C19H31NO4/c1-4-16-7-5-6-10-20(16)12-17(21)14-24-13-15-8-9-18(22-2)19(11-15)23-3/h8-9,11,16-17,21H,4-7,10,12-14H2,1-3H3/t16-,17+/m0/s1. The molecule has 0 spiro atoms. The Morgan fingerprint density at radius 2 is 2.00 bits per heavy atom. The molecule has 2 rings (SSSR count). The Morgan fingerprint density at radius 3 is 2.71 bits per heavy atom. The van der Waals surface area contributed by atoms with Crippen molar-refractivity contribution in [3.8, 4) is 11.5 Å². The van der Waals surface area contributed by atoms with Crippen molar-refractivity contribution >= 4 is 0 Å². The number of hydrogen-bond acceptors (Lipinski definition) is 5. The smallest absolute Gasteiger partial charge is 0.161 e. The zero-order chi connectivity index (χ0) is 17.4. The van der Waals surface area contributed by atoms with Gasteiger partial charge < -0.3 is 19.3 Å². The van der Waals surface area contributed by atoms with E-state index in [1.807, 2.05) is 18.2 Å². The van der Waals surface area contributed by atoms with Crippen LogP contribution in [0.4, 0.5) is 0 Å². The quantitative estimate of drug-likeness (QED) is 0.751. The molecule has 5 heteroatoms. The highest BCUT2D eigenvalue weighted by Gasteiger charge is 2.22. The molecule has 0 aromatic heterocycles. The molecule has 0 amide bonds. The van der Waals surface area contributed by atoms with Gasteiger partial charge in [0, 0.05) is 12.6 Å². The summed E-state index contributed by atoms with van der Waals surface area (Å²) in [6, 6.07) is 6.33. The van der Waals surface area contributed by atoms with E-state index in [9.17, 15) is 5.11 Å². The maximum absolute atomic E-state index is 10.3. The van der Waals surface area contributed by atoms with Crippen molar-refractivity contribution in [3.63, 3.8) is 0 Å². The normalized spacial score (nSPS) is 19.9. The van der Waals surface area contributed by atoms with E-state index in [0.717, 1.165) is 18.5 Å². The third kappa shape index (κ3) is 5.36. The number of benzene rings is 1. The van der Waals surface area contributed by atoms with Gasteiger partial charge in [0.25, 0.3) is 0 Å².